The summed E-state index contributed by atoms with van der Waals surface area (Å²) in [6.07, 6.45) is 0. The fraction of sp³-hybridized carbons (Fsp3) is 0.0625. The number of anilines is 1. The highest BCUT2D eigenvalue weighted by Crippen LogP contribution is 2.37. The predicted octanol–water partition coefficient (Wildman–Crippen LogP) is 4.95. The van der Waals surface area contributed by atoms with Crippen molar-refractivity contribution < 1.29 is 13.9 Å². The van der Waals surface area contributed by atoms with Gasteiger partial charge in [-0.3, -0.25) is 4.79 Å². The molecule has 0 bridgehead atoms. The van der Waals surface area contributed by atoms with E-state index in [1.807, 2.05) is 12.1 Å². The van der Waals surface area contributed by atoms with Crippen molar-refractivity contribution in [2.75, 3.05) is 12.4 Å². The molecule has 0 aliphatic heterocycles. The first-order valence-electron chi connectivity index (χ1n) is 6.41. The van der Waals surface area contributed by atoms with Gasteiger partial charge in [-0.1, -0.05) is 17.7 Å². The molecule has 22 heavy (non-hydrogen) atoms. The molecule has 0 saturated carbocycles. The summed E-state index contributed by atoms with van der Waals surface area (Å²) in [5.41, 5.74) is 0.385. The third kappa shape index (κ3) is 2.77. The van der Waals surface area contributed by atoms with Crippen LogP contribution in [0.25, 0.3) is 10.1 Å². The van der Waals surface area contributed by atoms with Gasteiger partial charge in [0.15, 0.2) is 0 Å². The van der Waals surface area contributed by atoms with Gasteiger partial charge in [-0.15, -0.1) is 11.3 Å². The Hall–Kier alpha value is -2.11. The van der Waals surface area contributed by atoms with Crippen LogP contribution in [0.3, 0.4) is 0 Å². The fourth-order valence-corrected chi connectivity index (χ4v) is 3.46. The molecule has 112 valence electrons. The number of hydrogen-bond acceptors (Lipinski definition) is 3. The van der Waals surface area contributed by atoms with Crippen molar-refractivity contribution in [2.24, 2.45) is 0 Å². The Bertz CT molecular complexity index is 862. The summed E-state index contributed by atoms with van der Waals surface area (Å²) >= 11 is 7.58. The third-order valence-corrected chi connectivity index (χ3v) is 4.80. The number of halogens is 2. The van der Waals surface area contributed by atoms with E-state index in [0.717, 1.165) is 10.1 Å². The maximum Gasteiger partial charge on any atom is 0.267 e. The van der Waals surface area contributed by atoms with Crippen LogP contribution in [0, 0.1) is 5.82 Å². The maximum atomic E-state index is 13.2. The molecule has 1 N–H and O–H groups in total. The van der Waals surface area contributed by atoms with Crippen molar-refractivity contribution in [1.82, 2.24) is 0 Å². The van der Waals surface area contributed by atoms with Gasteiger partial charge in [-0.05, 0) is 36.4 Å². The van der Waals surface area contributed by atoms with E-state index in [1.165, 1.54) is 29.5 Å². The van der Waals surface area contributed by atoms with E-state index in [2.05, 4.69) is 5.32 Å². The Balaban J connectivity index is 1.95. The number of fused-ring (bicyclic) bond motifs is 1. The summed E-state index contributed by atoms with van der Waals surface area (Å²) in [6.45, 7) is 0. The van der Waals surface area contributed by atoms with E-state index < -0.39 is 5.82 Å². The molecular formula is C16H11ClFNO2S. The number of benzene rings is 2. The van der Waals surface area contributed by atoms with Crippen LogP contribution in [0.4, 0.5) is 10.1 Å². The summed E-state index contributed by atoms with van der Waals surface area (Å²) in [5.74, 6) is -0.106. The molecule has 3 rings (SSSR count). The number of carbonyl (C=O) groups excluding carboxylic acids is 1. The molecule has 3 aromatic rings. The molecule has 1 heterocycles. The number of rotatable bonds is 3. The summed E-state index contributed by atoms with van der Waals surface area (Å²) in [6, 6.07) is 11.2. The Kier molecular flexibility index (Phi) is 4.00. The molecule has 0 aliphatic carbocycles. The zero-order valence-corrected chi connectivity index (χ0v) is 13.1. The highest BCUT2D eigenvalue weighted by Gasteiger charge is 2.18. The van der Waals surface area contributed by atoms with E-state index in [0.29, 0.717) is 21.3 Å². The average Bonchev–Trinajstić information content (AvgIpc) is 2.84. The number of carbonyl (C=O) groups is 1. The van der Waals surface area contributed by atoms with Gasteiger partial charge in [-0.2, -0.15) is 0 Å². The zero-order valence-electron chi connectivity index (χ0n) is 11.5. The van der Waals surface area contributed by atoms with Crippen LogP contribution in [-0.2, 0) is 0 Å². The van der Waals surface area contributed by atoms with Crippen LogP contribution >= 0.6 is 22.9 Å². The molecule has 0 radical (unpaired) electrons. The van der Waals surface area contributed by atoms with Gasteiger partial charge in [-0.25, -0.2) is 4.39 Å². The fourth-order valence-electron chi connectivity index (χ4n) is 2.07. The standard InChI is InChI=1S/C16H11ClFNO2S/c1-21-11-5-6-13-12(8-11)14(17)15(22-13)16(20)19-10-4-2-3-9(18)7-10/h2-8H,1H3,(H,19,20). The van der Waals surface area contributed by atoms with E-state index in [-0.39, 0.29) is 5.91 Å². The first-order valence-corrected chi connectivity index (χ1v) is 7.61. The molecule has 0 aliphatic rings. The maximum absolute atomic E-state index is 13.2. The van der Waals surface area contributed by atoms with Gasteiger partial charge in [0.05, 0.1) is 12.1 Å². The van der Waals surface area contributed by atoms with Crippen molar-refractivity contribution in [3.05, 3.63) is 58.2 Å². The smallest absolute Gasteiger partial charge is 0.267 e. The summed E-state index contributed by atoms with van der Waals surface area (Å²) in [7, 11) is 1.57. The van der Waals surface area contributed by atoms with Crippen LogP contribution in [-0.4, -0.2) is 13.0 Å². The summed E-state index contributed by atoms with van der Waals surface area (Å²) < 4.78 is 19.2. The molecule has 6 heteroatoms. The molecule has 0 unspecified atom stereocenters. The van der Waals surface area contributed by atoms with Gasteiger partial charge in [0.2, 0.25) is 0 Å². The lowest BCUT2D eigenvalue weighted by molar-refractivity contribution is 0.103. The number of nitrogens with one attached hydrogen (secondary N) is 1. The largest absolute Gasteiger partial charge is 0.497 e. The predicted molar refractivity (Wildman–Crippen MR) is 87.7 cm³/mol. The van der Waals surface area contributed by atoms with Gasteiger partial charge in [0.25, 0.3) is 5.91 Å². The molecule has 0 spiro atoms. The Morgan fingerprint density at radius 1 is 1.27 bits per heavy atom. The zero-order chi connectivity index (χ0) is 15.7. The normalized spacial score (nSPS) is 10.7. The second-order valence-corrected chi connectivity index (χ2v) is 6.00. The molecular weight excluding hydrogens is 325 g/mol. The number of hydrogen-bond donors (Lipinski definition) is 1. The number of methoxy groups -OCH3 is 1. The highest BCUT2D eigenvalue weighted by atomic mass is 35.5. The lowest BCUT2D eigenvalue weighted by Crippen LogP contribution is -2.10. The van der Waals surface area contributed by atoms with Crippen molar-refractivity contribution in [2.45, 2.75) is 0 Å². The molecule has 0 saturated heterocycles. The van der Waals surface area contributed by atoms with E-state index in [4.69, 9.17) is 16.3 Å². The van der Waals surface area contributed by atoms with E-state index in [1.54, 1.807) is 19.2 Å². The van der Waals surface area contributed by atoms with E-state index >= 15 is 0 Å². The van der Waals surface area contributed by atoms with Crippen LogP contribution in [0.5, 0.6) is 5.75 Å². The van der Waals surface area contributed by atoms with Crippen LogP contribution in [0.1, 0.15) is 9.67 Å². The summed E-state index contributed by atoms with van der Waals surface area (Å²) in [5, 5.41) is 3.77. The van der Waals surface area contributed by atoms with E-state index in [9.17, 15) is 9.18 Å². The molecule has 2 aromatic carbocycles. The highest BCUT2D eigenvalue weighted by molar-refractivity contribution is 7.21. The average molecular weight is 336 g/mol. The van der Waals surface area contributed by atoms with Crippen molar-refractivity contribution in [3.8, 4) is 5.75 Å². The third-order valence-electron chi connectivity index (χ3n) is 3.12. The van der Waals surface area contributed by atoms with Gasteiger partial charge >= 0.3 is 0 Å². The summed E-state index contributed by atoms with van der Waals surface area (Å²) in [4.78, 5) is 12.7. The van der Waals surface area contributed by atoms with Crippen molar-refractivity contribution in [1.29, 1.82) is 0 Å². The van der Waals surface area contributed by atoms with Gasteiger partial charge in [0.1, 0.15) is 16.4 Å². The first-order chi connectivity index (χ1) is 10.6. The van der Waals surface area contributed by atoms with Gasteiger partial charge in [0, 0.05) is 15.8 Å². The Labute approximate surface area is 135 Å². The number of amides is 1. The van der Waals surface area contributed by atoms with Crippen LogP contribution < -0.4 is 10.1 Å². The lowest BCUT2D eigenvalue weighted by Gasteiger charge is -2.03. The topological polar surface area (TPSA) is 38.3 Å². The Morgan fingerprint density at radius 2 is 2.09 bits per heavy atom. The number of thiophene rings is 1. The minimum Gasteiger partial charge on any atom is -0.497 e. The minimum absolute atomic E-state index is 0.365. The SMILES string of the molecule is COc1ccc2sc(C(=O)Nc3cccc(F)c3)c(Cl)c2c1. The molecule has 1 amide bonds. The molecule has 3 nitrogen and oxygen atoms in total. The van der Waals surface area contributed by atoms with Gasteiger partial charge < -0.3 is 10.1 Å². The second kappa shape index (κ2) is 5.94. The quantitative estimate of drug-likeness (QED) is 0.735. The monoisotopic (exact) mass is 335 g/mol. The molecule has 0 atom stereocenters. The minimum atomic E-state index is -0.412. The molecule has 1 aromatic heterocycles. The van der Waals surface area contributed by atoms with Crippen LogP contribution in [0.15, 0.2) is 42.5 Å². The molecule has 0 fully saturated rings. The number of ether oxygens (including phenoxy) is 1. The lowest BCUT2D eigenvalue weighted by atomic mass is 10.2. The van der Waals surface area contributed by atoms with Crippen LogP contribution in [0.2, 0.25) is 5.02 Å². The Morgan fingerprint density at radius 3 is 2.82 bits per heavy atom. The first kappa shape index (κ1) is 14.8. The van der Waals surface area contributed by atoms with Crippen molar-refractivity contribution >= 4 is 44.6 Å². The van der Waals surface area contributed by atoms with Crippen molar-refractivity contribution in [3.63, 3.8) is 0 Å². The second-order valence-electron chi connectivity index (χ2n) is 4.57.